The third kappa shape index (κ3) is 2.09. The van der Waals surface area contributed by atoms with E-state index < -0.39 is 11.6 Å². The predicted molar refractivity (Wildman–Crippen MR) is 67.8 cm³/mol. The number of piperazine rings is 1. The van der Waals surface area contributed by atoms with E-state index in [4.69, 9.17) is 0 Å². The molecule has 0 amide bonds. The highest BCUT2D eigenvalue weighted by Crippen LogP contribution is 2.29. The molecule has 18 heavy (non-hydrogen) atoms. The minimum Gasteiger partial charge on any atom is -0.366 e. The van der Waals surface area contributed by atoms with E-state index in [1.54, 1.807) is 0 Å². The molecule has 2 fully saturated rings. The van der Waals surface area contributed by atoms with E-state index in [1.807, 2.05) is 0 Å². The minimum atomic E-state index is -0.494. The molecule has 2 unspecified atom stereocenters. The van der Waals surface area contributed by atoms with Crippen LogP contribution in [0.4, 0.5) is 14.5 Å². The summed E-state index contributed by atoms with van der Waals surface area (Å²) in [6.07, 6.45) is 2.43. The maximum Gasteiger partial charge on any atom is 0.128 e. The van der Waals surface area contributed by atoms with E-state index in [-0.39, 0.29) is 0 Å². The van der Waals surface area contributed by atoms with E-state index in [1.165, 1.54) is 31.5 Å². The molecule has 2 heterocycles. The molecule has 0 N–H and O–H groups in total. The van der Waals surface area contributed by atoms with Crippen LogP contribution in [0.2, 0.25) is 0 Å². The lowest BCUT2D eigenvalue weighted by Crippen LogP contribution is -2.55. The molecule has 98 valence electrons. The number of fused-ring (bicyclic) bond motifs is 1. The molecule has 2 atom stereocenters. The van der Waals surface area contributed by atoms with Gasteiger partial charge < -0.3 is 4.90 Å². The van der Waals surface area contributed by atoms with Gasteiger partial charge in [-0.25, -0.2) is 8.78 Å². The molecule has 2 aliphatic rings. The van der Waals surface area contributed by atoms with Crippen molar-refractivity contribution >= 4 is 5.69 Å². The first-order chi connectivity index (χ1) is 8.63. The van der Waals surface area contributed by atoms with Gasteiger partial charge in [-0.05, 0) is 38.4 Å². The molecule has 0 aliphatic carbocycles. The summed E-state index contributed by atoms with van der Waals surface area (Å²) in [6.45, 7) is 5.16. The van der Waals surface area contributed by atoms with E-state index in [0.717, 1.165) is 19.2 Å². The molecule has 0 radical (unpaired) electrons. The Balaban J connectivity index is 1.86. The van der Waals surface area contributed by atoms with Gasteiger partial charge in [0.15, 0.2) is 0 Å². The molecule has 0 saturated carbocycles. The molecule has 1 aromatic carbocycles. The Morgan fingerprint density at radius 1 is 1.11 bits per heavy atom. The van der Waals surface area contributed by atoms with E-state index >= 15 is 0 Å². The van der Waals surface area contributed by atoms with Crippen LogP contribution in [0.1, 0.15) is 19.8 Å². The van der Waals surface area contributed by atoms with Crippen molar-refractivity contribution in [1.82, 2.24) is 4.90 Å². The van der Waals surface area contributed by atoms with E-state index in [2.05, 4.69) is 16.7 Å². The van der Waals surface area contributed by atoms with Crippen molar-refractivity contribution in [2.45, 2.75) is 31.8 Å². The van der Waals surface area contributed by atoms with Crippen LogP contribution in [0.25, 0.3) is 0 Å². The number of nitrogens with zero attached hydrogens (tertiary/aromatic N) is 2. The number of hydrogen-bond acceptors (Lipinski definition) is 2. The first-order valence-corrected chi connectivity index (χ1v) is 6.60. The summed E-state index contributed by atoms with van der Waals surface area (Å²) in [6, 6.07) is 4.65. The van der Waals surface area contributed by atoms with Crippen molar-refractivity contribution in [3.05, 3.63) is 29.8 Å². The van der Waals surface area contributed by atoms with Gasteiger partial charge in [-0.1, -0.05) is 0 Å². The molecule has 2 nitrogen and oxygen atoms in total. The van der Waals surface area contributed by atoms with E-state index in [9.17, 15) is 8.78 Å². The number of halogens is 2. The van der Waals surface area contributed by atoms with Gasteiger partial charge in [0.05, 0.1) is 0 Å². The fourth-order valence-corrected chi connectivity index (χ4v) is 3.25. The molecule has 2 aliphatic heterocycles. The van der Waals surface area contributed by atoms with Crippen molar-refractivity contribution in [3.63, 3.8) is 0 Å². The maximum atomic E-state index is 13.3. The van der Waals surface area contributed by atoms with Crippen LogP contribution in [-0.4, -0.2) is 36.6 Å². The Kier molecular flexibility index (Phi) is 2.98. The number of benzene rings is 1. The number of rotatable bonds is 1. The van der Waals surface area contributed by atoms with Crippen molar-refractivity contribution in [2.75, 3.05) is 24.5 Å². The lowest BCUT2D eigenvalue weighted by Gasteiger charge is -2.43. The molecule has 1 aromatic rings. The lowest BCUT2D eigenvalue weighted by molar-refractivity contribution is 0.203. The van der Waals surface area contributed by atoms with Gasteiger partial charge in [-0.3, -0.25) is 4.90 Å². The molecule has 4 heteroatoms. The summed E-state index contributed by atoms with van der Waals surface area (Å²) in [5.74, 6) is -0.989. The predicted octanol–water partition coefficient (Wildman–Crippen LogP) is 2.64. The van der Waals surface area contributed by atoms with Crippen molar-refractivity contribution in [1.29, 1.82) is 0 Å². The largest absolute Gasteiger partial charge is 0.366 e. The zero-order valence-corrected chi connectivity index (χ0v) is 10.6. The number of hydrogen-bond donors (Lipinski definition) is 0. The normalized spacial score (nSPS) is 28.5. The molecule has 0 spiro atoms. The molecule has 0 aromatic heterocycles. The summed E-state index contributed by atoms with van der Waals surface area (Å²) in [7, 11) is 0. The zero-order valence-electron chi connectivity index (χ0n) is 10.6. The second kappa shape index (κ2) is 4.50. The van der Waals surface area contributed by atoms with Crippen LogP contribution in [0.5, 0.6) is 0 Å². The van der Waals surface area contributed by atoms with Gasteiger partial charge in [0, 0.05) is 36.9 Å². The Bertz CT molecular complexity index is 429. The monoisotopic (exact) mass is 252 g/mol. The Morgan fingerprint density at radius 3 is 2.56 bits per heavy atom. The smallest absolute Gasteiger partial charge is 0.128 e. The first-order valence-electron chi connectivity index (χ1n) is 6.60. The van der Waals surface area contributed by atoms with Crippen LogP contribution in [0, 0.1) is 11.6 Å². The first kappa shape index (κ1) is 11.9. The summed E-state index contributed by atoms with van der Waals surface area (Å²) in [4.78, 5) is 4.63. The van der Waals surface area contributed by atoms with E-state index in [0.29, 0.717) is 17.8 Å². The van der Waals surface area contributed by atoms with Gasteiger partial charge in [-0.15, -0.1) is 0 Å². The van der Waals surface area contributed by atoms with Gasteiger partial charge in [0.2, 0.25) is 0 Å². The average Bonchev–Trinajstić information content (AvgIpc) is 2.73. The highest BCUT2D eigenvalue weighted by atomic mass is 19.1. The highest BCUT2D eigenvalue weighted by Gasteiger charge is 2.34. The quantitative estimate of drug-likeness (QED) is 0.758. The van der Waals surface area contributed by atoms with Crippen LogP contribution in [0.3, 0.4) is 0 Å². The average molecular weight is 252 g/mol. The maximum absolute atomic E-state index is 13.3. The Hall–Kier alpha value is -1.16. The summed E-state index contributed by atoms with van der Waals surface area (Å²) < 4.78 is 26.6. The van der Waals surface area contributed by atoms with Gasteiger partial charge in [-0.2, -0.15) is 0 Å². The van der Waals surface area contributed by atoms with Crippen LogP contribution in [0.15, 0.2) is 18.2 Å². The fourth-order valence-electron chi connectivity index (χ4n) is 3.25. The lowest BCUT2D eigenvalue weighted by atomic mass is 10.1. The van der Waals surface area contributed by atoms with Crippen molar-refractivity contribution in [3.8, 4) is 0 Å². The fraction of sp³-hybridized carbons (Fsp3) is 0.571. The summed E-state index contributed by atoms with van der Waals surface area (Å²) in [5.41, 5.74) is 0.673. The van der Waals surface area contributed by atoms with Gasteiger partial charge in [0.1, 0.15) is 11.6 Å². The van der Waals surface area contributed by atoms with Crippen LogP contribution >= 0.6 is 0 Å². The van der Waals surface area contributed by atoms with Gasteiger partial charge >= 0.3 is 0 Å². The second-order valence-corrected chi connectivity index (χ2v) is 5.42. The van der Waals surface area contributed by atoms with Crippen molar-refractivity contribution < 1.29 is 8.78 Å². The van der Waals surface area contributed by atoms with Gasteiger partial charge in [0.25, 0.3) is 0 Å². The van der Waals surface area contributed by atoms with Crippen LogP contribution in [-0.2, 0) is 0 Å². The standard InChI is InChI=1S/C14H18F2N2/c1-10-8-17-4-2-3-13(17)9-18(10)14-6-11(15)5-12(16)7-14/h5-7,10,13H,2-4,8-9H2,1H3. The SMILES string of the molecule is CC1CN2CCCC2CN1c1cc(F)cc(F)c1. The topological polar surface area (TPSA) is 6.48 Å². The Labute approximate surface area is 106 Å². The molecule has 3 rings (SSSR count). The summed E-state index contributed by atoms with van der Waals surface area (Å²) in [5, 5.41) is 0. The third-order valence-corrected chi connectivity index (χ3v) is 4.12. The molecular weight excluding hydrogens is 234 g/mol. The number of anilines is 1. The van der Waals surface area contributed by atoms with Crippen molar-refractivity contribution in [2.24, 2.45) is 0 Å². The molecule has 0 bridgehead atoms. The molecular formula is C14H18F2N2. The Morgan fingerprint density at radius 2 is 1.83 bits per heavy atom. The zero-order chi connectivity index (χ0) is 12.7. The third-order valence-electron chi connectivity index (χ3n) is 4.12. The minimum absolute atomic E-state index is 0.306. The second-order valence-electron chi connectivity index (χ2n) is 5.42. The highest BCUT2D eigenvalue weighted by molar-refractivity contribution is 5.48. The molecule has 2 saturated heterocycles. The van der Waals surface area contributed by atoms with Crippen LogP contribution < -0.4 is 4.90 Å². The summed E-state index contributed by atoms with van der Waals surface area (Å²) >= 11 is 0.